The lowest BCUT2D eigenvalue weighted by Gasteiger charge is -2.44. The SMILES string of the molecule is CN(C)[P+](/C=C/c1cccnc1)(N(C)C)N(C)C.c1ccc([B-](c2ccccc2)(c2ccccc2)c2ccccc2)cc1. The second-order valence-corrected chi connectivity index (χ2v) is 15.2. The van der Waals surface area contributed by atoms with Gasteiger partial charge in [0.15, 0.2) is 0 Å². The highest BCUT2D eigenvalue weighted by Crippen LogP contribution is 2.65. The van der Waals surface area contributed by atoms with Crippen LogP contribution < -0.4 is 21.9 Å². The Kier molecular flexibility index (Phi) is 11.2. The van der Waals surface area contributed by atoms with Crippen LogP contribution in [0.4, 0.5) is 0 Å². The molecule has 0 amide bonds. The van der Waals surface area contributed by atoms with Gasteiger partial charge in [-0.1, -0.05) is 127 Å². The second-order valence-electron chi connectivity index (χ2n) is 11.3. The summed E-state index contributed by atoms with van der Waals surface area (Å²) in [5.74, 6) is 2.30. The summed E-state index contributed by atoms with van der Waals surface area (Å²) < 4.78 is 6.87. The molecule has 43 heavy (non-hydrogen) atoms. The highest BCUT2D eigenvalue weighted by atomic mass is 31.2. The lowest BCUT2D eigenvalue weighted by Crippen LogP contribution is -2.74. The average Bonchev–Trinajstić information content (AvgIpc) is 3.04. The molecular weight excluding hydrogens is 542 g/mol. The van der Waals surface area contributed by atoms with Crippen LogP contribution in [0.2, 0.25) is 0 Å². The highest BCUT2D eigenvalue weighted by Gasteiger charge is 2.45. The Morgan fingerprint density at radius 1 is 0.488 bits per heavy atom. The van der Waals surface area contributed by atoms with Crippen molar-refractivity contribution in [3.8, 4) is 0 Å². The Bertz CT molecular complexity index is 1340. The van der Waals surface area contributed by atoms with Gasteiger partial charge in [-0.2, -0.15) is 35.9 Å². The molecule has 4 aromatic carbocycles. The van der Waals surface area contributed by atoms with Crippen molar-refractivity contribution in [2.75, 3.05) is 42.3 Å². The van der Waals surface area contributed by atoms with Crippen molar-refractivity contribution in [1.29, 1.82) is 0 Å². The summed E-state index contributed by atoms with van der Waals surface area (Å²) in [4.78, 5) is 4.14. The monoisotopic (exact) mass is 586 g/mol. The molecule has 0 atom stereocenters. The molecule has 5 aromatic rings. The second kappa shape index (κ2) is 15.0. The van der Waals surface area contributed by atoms with Crippen LogP contribution in [-0.2, 0) is 0 Å². The standard InChI is InChI=1S/C24H20B.C13H24N4P/c1-5-13-21(14-6-1)25(22-15-7-2-8-16-22,23-17-9-3-10-18-23)24-19-11-4-12-20-24;1-15(2)18(16(3)4,17(5)6)11-9-13-8-7-10-14-12-13/h1-20H;7-12H,1-6H3/q-1;+1/b;11-9+. The number of benzene rings is 4. The summed E-state index contributed by atoms with van der Waals surface area (Å²) in [6.07, 6.45) is 4.61. The fourth-order valence-corrected chi connectivity index (χ4v) is 9.57. The van der Waals surface area contributed by atoms with E-state index in [1.54, 1.807) is 6.20 Å². The Morgan fingerprint density at radius 3 is 1.12 bits per heavy atom. The summed E-state index contributed by atoms with van der Waals surface area (Å²) in [7, 11) is 11.2. The van der Waals surface area contributed by atoms with E-state index in [0.29, 0.717) is 0 Å². The fourth-order valence-electron chi connectivity index (χ4n) is 6.26. The van der Waals surface area contributed by atoms with Gasteiger partial charge in [-0.05, 0) is 17.7 Å². The summed E-state index contributed by atoms with van der Waals surface area (Å²) in [6, 6.07) is 47.6. The van der Waals surface area contributed by atoms with Gasteiger partial charge in [-0.3, -0.25) is 4.98 Å². The van der Waals surface area contributed by atoms with E-state index in [4.69, 9.17) is 0 Å². The summed E-state index contributed by atoms with van der Waals surface area (Å²) >= 11 is 0. The molecule has 0 spiro atoms. The fraction of sp³-hybridized carbons (Fsp3) is 0.162. The van der Waals surface area contributed by atoms with Crippen molar-refractivity contribution in [3.63, 3.8) is 0 Å². The van der Waals surface area contributed by atoms with Crippen molar-refractivity contribution in [2.45, 2.75) is 0 Å². The van der Waals surface area contributed by atoms with Gasteiger partial charge in [0.2, 0.25) is 0 Å². The maximum Gasteiger partial charge on any atom is 0.253 e. The normalized spacial score (nSPS) is 12.0. The molecule has 1 aromatic heterocycles. The number of aromatic nitrogens is 1. The zero-order valence-corrected chi connectivity index (χ0v) is 27.2. The van der Waals surface area contributed by atoms with Gasteiger partial charge in [0.1, 0.15) is 12.0 Å². The van der Waals surface area contributed by atoms with Crippen LogP contribution in [-0.4, -0.2) is 67.4 Å². The number of nitrogens with zero attached hydrogens (tertiary/aromatic N) is 4. The lowest BCUT2D eigenvalue weighted by atomic mass is 9.13. The van der Waals surface area contributed by atoms with Gasteiger partial charge in [0, 0.05) is 54.7 Å². The zero-order valence-electron chi connectivity index (χ0n) is 26.3. The smallest absolute Gasteiger partial charge is 0.253 e. The van der Waals surface area contributed by atoms with Crippen LogP contribution in [0.1, 0.15) is 5.56 Å². The maximum atomic E-state index is 4.14. The molecular formula is C37H44BN4P. The molecule has 0 saturated carbocycles. The van der Waals surface area contributed by atoms with E-state index in [9.17, 15) is 0 Å². The minimum atomic E-state index is -1.59. The molecule has 0 unspecified atom stereocenters. The maximum absolute atomic E-state index is 4.14. The van der Waals surface area contributed by atoms with Gasteiger partial charge in [-0.15, -0.1) is 0 Å². The van der Waals surface area contributed by atoms with Gasteiger partial charge < -0.3 is 0 Å². The number of rotatable bonds is 9. The Hall–Kier alpha value is -3.86. The van der Waals surface area contributed by atoms with Crippen LogP contribution in [0, 0.1) is 0 Å². The van der Waals surface area contributed by atoms with Gasteiger partial charge in [-0.25, -0.2) is 0 Å². The van der Waals surface area contributed by atoms with Crippen LogP contribution in [0.5, 0.6) is 0 Å². The molecule has 0 aliphatic heterocycles. The molecule has 0 bridgehead atoms. The summed E-state index contributed by atoms with van der Waals surface area (Å²) in [6.45, 7) is 0. The van der Waals surface area contributed by atoms with Crippen molar-refractivity contribution in [1.82, 2.24) is 19.0 Å². The van der Waals surface area contributed by atoms with E-state index < -0.39 is 13.9 Å². The molecule has 0 aliphatic rings. The average molecular weight is 587 g/mol. The molecule has 6 heteroatoms. The quantitative estimate of drug-likeness (QED) is 0.167. The number of hydrogen-bond acceptors (Lipinski definition) is 4. The van der Waals surface area contributed by atoms with Crippen LogP contribution in [0.3, 0.4) is 0 Å². The lowest BCUT2D eigenvalue weighted by molar-refractivity contribution is 0.472. The minimum Gasteiger partial charge on any atom is -0.264 e. The van der Waals surface area contributed by atoms with Crippen LogP contribution >= 0.6 is 7.71 Å². The third-order valence-corrected chi connectivity index (χ3v) is 12.2. The molecule has 0 radical (unpaired) electrons. The molecule has 0 fully saturated rings. The first-order chi connectivity index (χ1) is 20.8. The van der Waals surface area contributed by atoms with E-state index >= 15 is 0 Å². The van der Waals surface area contributed by atoms with Crippen LogP contribution in [0.15, 0.2) is 152 Å². The van der Waals surface area contributed by atoms with Crippen molar-refractivity contribution in [2.24, 2.45) is 0 Å². The molecule has 0 N–H and O–H groups in total. The largest absolute Gasteiger partial charge is 0.264 e. The summed E-state index contributed by atoms with van der Waals surface area (Å²) in [5, 5.41) is 0. The number of hydrogen-bond donors (Lipinski definition) is 0. The number of pyridine rings is 1. The van der Waals surface area contributed by atoms with E-state index in [-0.39, 0.29) is 0 Å². The minimum absolute atomic E-state index is 1.13. The van der Waals surface area contributed by atoms with E-state index in [1.807, 2.05) is 12.3 Å². The Labute approximate surface area is 259 Å². The van der Waals surface area contributed by atoms with Crippen LogP contribution in [0.25, 0.3) is 6.08 Å². The van der Waals surface area contributed by atoms with E-state index in [2.05, 4.69) is 201 Å². The van der Waals surface area contributed by atoms with Crippen molar-refractivity contribution < 1.29 is 0 Å². The molecule has 1 heterocycles. The third-order valence-electron chi connectivity index (χ3n) is 8.12. The topological polar surface area (TPSA) is 22.6 Å². The van der Waals surface area contributed by atoms with E-state index in [1.165, 1.54) is 21.9 Å². The van der Waals surface area contributed by atoms with Gasteiger partial charge in [0.05, 0.1) is 0 Å². The predicted molar refractivity (Wildman–Crippen MR) is 191 cm³/mol. The zero-order chi connectivity index (χ0) is 30.7. The van der Waals surface area contributed by atoms with Crippen molar-refractivity contribution in [3.05, 3.63) is 157 Å². The summed E-state index contributed by atoms with van der Waals surface area (Å²) in [5.41, 5.74) is 6.49. The first kappa shape index (κ1) is 32.1. The van der Waals surface area contributed by atoms with Gasteiger partial charge in [0.25, 0.3) is 7.71 Å². The molecule has 220 valence electrons. The predicted octanol–water partition coefficient (Wildman–Crippen LogP) is 5.56. The highest BCUT2D eigenvalue weighted by molar-refractivity contribution is 7.72. The first-order valence-electron chi connectivity index (χ1n) is 14.7. The van der Waals surface area contributed by atoms with Crippen molar-refractivity contribution >= 4 is 41.8 Å². The van der Waals surface area contributed by atoms with E-state index in [0.717, 1.165) is 5.56 Å². The molecule has 0 aliphatic carbocycles. The molecule has 5 rings (SSSR count). The third kappa shape index (κ3) is 7.04. The Balaban J connectivity index is 0.000000209. The molecule has 0 saturated heterocycles. The Morgan fingerprint density at radius 2 is 0.837 bits per heavy atom. The van der Waals surface area contributed by atoms with Gasteiger partial charge >= 0.3 is 0 Å². The first-order valence-corrected chi connectivity index (χ1v) is 16.4. The molecule has 4 nitrogen and oxygen atoms in total.